The van der Waals surface area contributed by atoms with Crippen molar-refractivity contribution in [3.8, 4) is 0 Å². The van der Waals surface area contributed by atoms with Gasteiger partial charge in [-0.2, -0.15) is 0 Å². The fraction of sp³-hybridized carbons (Fsp3) is 0.714. The summed E-state index contributed by atoms with van der Waals surface area (Å²) < 4.78 is 53.8. The van der Waals surface area contributed by atoms with E-state index in [4.69, 9.17) is 9.47 Å². The summed E-state index contributed by atoms with van der Waals surface area (Å²) in [6.07, 6.45) is 2.41. The number of hydrogen-bond acceptors (Lipinski definition) is 2. The van der Waals surface area contributed by atoms with Crippen LogP contribution < -0.4 is 0 Å². The summed E-state index contributed by atoms with van der Waals surface area (Å²) >= 11 is 0. The van der Waals surface area contributed by atoms with E-state index < -0.39 is 12.2 Å². The third-order valence-corrected chi connectivity index (χ3v) is 5.92. The van der Waals surface area contributed by atoms with Gasteiger partial charge in [0.2, 0.25) is 0 Å². The van der Waals surface area contributed by atoms with Crippen LogP contribution in [0.1, 0.15) is 87.3 Å². The fourth-order valence-electron chi connectivity index (χ4n) is 4.42. The van der Waals surface area contributed by atoms with Gasteiger partial charge in [-0.25, -0.2) is 13.2 Å². The topological polar surface area (TPSA) is 18.5 Å². The number of alkyl halides is 2. The lowest BCUT2D eigenvalue weighted by atomic mass is 9.79. The third-order valence-electron chi connectivity index (χ3n) is 5.92. The van der Waals surface area contributed by atoms with E-state index in [9.17, 15) is 8.78 Å². The molecule has 146 valence electrons. The molecule has 3 rings (SSSR count). The van der Waals surface area contributed by atoms with Crippen LogP contribution >= 0.6 is 0 Å². The van der Waals surface area contributed by atoms with Crippen LogP contribution in [-0.4, -0.2) is 25.4 Å². The molecule has 1 saturated carbocycles. The lowest BCUT2D eigenvalue weighted by Gasteiger charge is -2.31. The highest BCUT2D eigenvalue weighted by molar-refractivity contribution is 5.39. The maximum Gasteiger partial charge on any atom is 0.266 e. The van der Waals surface area contributed by atoms with E-state index in [1.54, 1.807) is 12.1 Å². The van der Waals surface area contributed by atoms with Gasteiger partial charge in [-0.15, -0.1) is 0 Å². The zero-order chi connectivity index (χ0) is 18.7. The van der Waals surface area contributed by atoms with Crippen molar-refractivity contribution in [2.75, 3.05) is 13.2 Å². The van der Waals surface area contributed by atoms with Crippen LogP contribution in [0.5, 0.6) is 0 Å². The second-order valence-corrected chi connectivity index (χ2v) is 7.62. The predicted molar refractivity (Wildman–Crippen MR) is 95.4 cm³/mol. The van der Waals surface area contributed by atoms with Gasteiger partial charge in [0, 0.05) is 12.5 Å². The summed E-state index contributed by atoms with van der Waals surface area (Å²) in [7, 11) is 0. The number of benzene rings is 1. The first-order valence-electron chi connectivity index (χ1n) is 9.84. The van der Waals surface area contributed by atoms with Crippen LogP contribution in [0.15, 0.2) is 12.1 Å². The Morgan fingerprint density at radius 2 is 1.69 bits per heavy atom. The smallest absolute Gasteiger partial charge is 0.266 e. The second-order valence-electron chi connectivity index (χ2n) is 7.62. The Labute approximate surface area is 154 Å². The van der Waals surface area contributed by atoms with Gasteiger partial charge < -0.3 is 9.47 Å². The van der Waals surface area contributed by atoms with Crippen molar-refractivity contribution in [3.63, 3.8) is 0 Å². The Balaban J connectivity index is 1.82. The lowest BCUT2D eigenvalue weighted by Crippen LogP contribution is -2.24. The Hall–Kier alpha value is -1.07. The van der Waals surface area contributed by atoms with Crippen LogP contribution in [-0.2, 0) is 9.47 Å². The lowest BCUT2D eigenvalue weighted by molar-refractivity contribution is 0.0146. The first-order valence-corrected chi connectivity index (χ1v) is 9.84. The molecule has 0 N–H and O–H groups in total. The molecule has 2 atom stereocenters. The van der Waals surface area contributed by atoms with Crippen LogP contribution in [0.2, 0.25) is 0 Å². The zero-order valence-electron chi connectivity index (χ0n) is 15.6. The van der Waals surface area contributed by atoms with E-state index in [2.05, 4.69) is 0 Å². The Kier molecular flexibility index (Phi) is 6.62. The molecule has 0 aromatic heterocycles. The predicted octanol–water partition coefficient (Wildman–Crippen LogP) is 6.11. The first-order chi connectivity index (χ1) is 12.5. The van der Waals surface area contributed by atoms with Gasteiger partial charge in [0.05, 0.1) is 24.4 Å². The van der Waals surface area contributed by atoms with Gasteiger partial charge in [0.1, 0.15) is 5.82 Å². The fourth-order valence-corrected chi connectivity index (χ4v) is 4.42. The Morgan fingerprint density at radius 3 is 2.27 bits per heavy atom. The van der Waals surface area contributed by atoms with E-state index in [0.717, 1.165) is 38.5 Å². The molecule has 0 amide bonds. The summed E-state index contributed by atoms with van der Waals surface area (Å²) in [5, 5.41) is 0. The van der Waals surface area contributed by atoms with Crippen molar-refractivity contribution in [3.05, 3.63) is 34.6 Å². The van der Waals surface area contributed by atoms with Crippen molar-refractivity contribution in [1.29, 1.82) is 0 Å². The van der Waals surface area contributed by atoms with Crippen LogP contribution in [0.25, 0.3) is 0 Å². The van der Waals surface area contributed by atoms with Gasteiger partial charge in [0.25, 0.3) is 6.43 Å². The molecular weight excluding hydrogens is 341 g/mol. The molecule has 1 heterocycles. The van der Waals surface area contributed by atoms with Gasteiger partial charge in [-0.3, -0.25) is 0 Å². The molecule has 2 fully saturated rings. The highest BCUT2D eigenvalue weighted by atomic mass is 19.3. The number of hydrogen-bond donors (Lipinski definition) is 0. The van der Waals surface area contributed by atoms with Crippen LogP contribution in [0.4, 0.5) is 13.2 Å². The van der Waals surface area contributed by atoms with Gasteiger partial charge in [-0.05, 0) is 69.4 Å². The van der Waals surface area contributed by atoms with Crippen molar-refractivity contribution in [1.82, 2.24) is 0 Å². The average molecular weight is 370 g/mol. The van der Waals surface area contributed by atoms with E-state index in [1.807, 2.05) is 13.8 Å². The van der Waals surface area contributed by atoms with E-state index in [0.29, 0.717) is 24.3 Å². The van der Waals surface area contributed by atoms with Gasteiger partial charge >= 0.3 is 0 Å². The molecule has 1 aromatic rings. The summed E-state index contributed by atoms with van der Waals surface area (Å²) in [5.41, 5.74) is 0.487. The molecule has 2 aliphatic rings. The molecule has 26 heavy (non-hydrogen) atoms. The molecule has 0 bridgehead atoms. The standard InChI is InChI=1S/C21H29F3O2/c1-3-25-16-8-6-14(7-9-16)17-10-11-18(20(22)19(17)21(23)24)15-5-4-13(2)26-12-15/h10-11,13-16,21H,3-9,12H2,1-2H3. The quantitative estimate of drug-likeness (QED) is 0.623. The molecule has 2 unspecified atom stereocenters. The first kappa shape index (κ1) is 19.7. The number of halogens is 3. The van der Waals surface area contributed by atoms with E-state index in [-0.39, 0.29) is 29.6 Å². The highest BCUT2D eigenvalue weighted by Crippen LogP contribution is 2.42. The molecule has 1 aliphatic carbocycles. The van der Waals surface area contributed by atoms with Crippen molar-refractivity contribution < 1.29 is 22.6 Å². The Morgan fingerprint density at radius 1 is 1.04 bits per heavy atom. The van der Waals surface area contributed by atoms with Gasteiger partial charge in [0.15, 0.2) is 0 Å². The molecule has 0 spiro atoms. The number of rotatable bonds is 5. The molecule has 5 heteroatoms. The SMILES string of the molecule is CCOC1CCC(c2ccc(C3CCC(C)OC3)c(F)c2C(F)F)CC1. The molecule has 1 saturated heterocycles. The monoisotopic (exact) mass is 370 g/mol. The van der Waals surface area contributed by atoms with E-state index >= 15 is 4.39 Å². The van der Waals surface area contributed by atoms with Crippen LogP contribution in [0, 0.1) is 5.82 Å². The van der Waals surface area contributed by atoms with E-state index in [1.165, 1.54) is 0 Å². The second kappa shape index (κ2) is 8.75. The minimum atomic E-state index is -2.79. The normalized spacial score (nSPS) is 29.9. The maximum absolute atomic E-state index is 15.1. The molecule has 0 radical (unpaired) electrons. The van der Waals surface area contributed by atoms with Crippen LogP contribution in [0.3, 0.4) is 0 Å². The minimum absolute atomic E-state index is 0.0121. The maximum atomic E-state index is 15.1. The molecule has 2 nitrogen and oxygen atoms in total. The summed E-state index contributed by atoms with van der Waals surface area (Å²) in [5.74, 6) is -0.860. The zero-order valence-corrected chi connectivity index (χ0v) is 15.6. The average Bonchev–Trinajstić information content (AvgIpc) is 2.63. The summed E-state index contributed by atoms with van der Waals surface area (Å²) in [6.45, 7) is 5.02. The molecular formula is C21H29F3O2. The minimum Gasteiger partial charge on any atom is -0.379 e. The van der Waals surface area contributed by atoms with Crippen molar-refractivity contribution in [2.45, 2.75) is 82.8 Å². The van der Waals surface area contributed by atoms with Crippen molar-refractivity contribution in [2.24, 2.45) is 0 Å². The third kappa shape index (κ3) is 4.25. The molecule has 1 aromatic carbocycles. The molecule has 1 aliphatic heterocycles. The Bertz CT molecular complexity index is 589. The summed E-state index contributed by atoms with van der Waals surface area (Å²) in [4.78, 5) is 0. The van der Waals surface area contributed by atoms with Crippen molar-refractivity contribution >= 4 is 0 Å². The summed E-state index contributed by atoms with van der Waals surface area (Å²) in [6, 6.07) is 3.46. The van der Waals surface area contributed by atoms with Gasteiger partial charge in [-0.1, -0.05) is 12.1 Å². The highest BCUT2D eigenvalue weighted by Gasteiger charge is 2.31. The largest absolute Gasteiger partial charge is 0.379 e. The number of ether oxygens (including phenoxy) is 2.